The van der Waals surface area contributed by atoms with E-state index in [2.05, 4.69) is 15.1 Å². The van der Waals surface area contributed by atoms with Crippen molar-refractivity contribution in [2.75, 3.05) is 31.1 Å². The molecule has 1 amide bonds. The van der Waals surface area contributed by atoms with Gasteiger partial charge >= 0.3 is 0 Å². The van der Waals surface area contributed by atoms with E-state index >= 15 is 0 Å². The maximum atomic E-state index is 12.5. The van der Waals surface area contributed by atoms with Crippen molar-refractivity contribution < 1.29 is 4.79 Å². The van der Waals surface area contributed by atoms with E-state index in [1.165, 1.54) is 0 Å². The number of hydrogen-bond acceptors (Lipinski definition) is 4. The van der Waals surface area contributed by atoms with Gasteiger partial charge in [-0.2, -0.15) is 0 Å². The van der Waals surface area contributed by atoms with Crippen molar-refractivity contribution in [3.63, 3.8) is 0 Å². The molecule has 0 unspecified atom stereocenters. The van der Waals surface area contributed by atoms with E-state index in [4.69, 9.17) is 11.6 Å². The topological polar surface area (TPSA) is 49.3 Å². The summed E-state index contributed by atoms with van der Waals surface area (Å²) in [6, 6.07) is 21.7. The molecule has 148 valence electrons. The Balaban J connectivity index is 1.28. The Hall–Kier alpha value is -2.92. The Labute approximate surface area is 175 Å². The van der Waals surface area contributed by atoms with Crippen molar-refractivity contribution in [3.8, 4) is 11.3 Å². The second-order valence-electron chi connectivity index (χ2n) is 7.14. The fourth-order valence-corrected chi connectivity index (χ4v) is 3.63. The average Bonchev–Trinajstić information content (AvgIpc) is 2.79. The van der Waals surface area contributed by atoms with Crippen LogP contribution < -0.4 is 4.90 Å². The van der Waals surface area contributed by atoms with E-state index in [0.717, 1.165) is 47.2 Å². The van der Waals surface area contributed by atoms with Gasteiger partial charge in [0.25, 0.3) is 0 Å². The lowest BCUT2D eigenvalue weighted by atomic mass is 10.1. The Kier molecular flexibility index (Phi) is 6.06. The number of aryl methyl sites for hydroxylation is 1. The first-order valence-corrected chi connectivity index (χ1v) is 10.2. The number of rotatable bonds is 5. The van der Waals surface area contributed by atoms with E-state index in [1.807, 2.05) is 71.6 Å². The molecule has 0 saturated carbocycles. The smallest absolute Gasteiger partial charge is 0.223 e. The molecule has 0 N–H and O–H groups in total. The molecule has 1 aliphatic rings. The van der Waals surface area contributed by atoms with E-state index < -0.39 is 0 Å². The fraction of sp³-hybridized carbons (Fsp3) is 0.261. The molecule has 4 rings (SSSR count). The highest BCUT2D eigenvalue weighted by atomic mass is 35.5. The van der Waals surface area contributed by atoms with Crippen LogP contribution in [0.25, 0.3) is 11.3 Å². The summed E-state index contributed by atoms with van der Waals surface area (Å²) in [6.07, 6.45) is 1.26. The zero-order valence-electron chi connectivity index (χ0n) is 16.2. The minimum absolute atomic E-state index is 0.199. The average molecular weight is 407 g/mol. The molecule has 1 fully saturated rings. The summed E-state index contributed by atoms with van der Waals surface area (Å²) in [5, 5.41) is 9.48. The maximum absolute atomic E-state index is 12.5. The van der Waals surface area contributed by atoms with Gasteiger partial charge < -0.3 is 9.80 Å². The van der Waals surface area contributed by atoms with E-state index in [9.17, 15) is 4.79 Å². The van der Waals surface area contributed by atoms with Gasteiger partial charge in [-0.25, -0.2) is 0 Å². The highest BCUT2D eigenvalue weighted by Gasteiger charge is 2.22. The number of piperazine rings is 1. The summed E-state index contributed by atoms with van der Waals surface area (Å²) in [4.78, 5) is 16.7. The molecule has 6 heteroatoms. The molecule has 2 aromatic carbocycles. The van der Waals surface area contributed by atoms with Gasteiger partial charge in [0, 0.05) is 43.2 Å². The molecule has 3 aromatic rings. The lowest BCUT2D eigenvalue weighted by Gasteiger charge is -2.35. The normalized spacial score (nSPS) is 14.1. The van der Waals surface area contributed by atoms with Gasteiger partial charge in [-0.05, 0) is 36.2 Å². The van der Waals surface area contributed by atoms with Gasteiger partial charge in [-0.15, -0.1) is 10.2 Å². The minimum atomic E-state index is 0.199. The van der Waals surface area contributed by atoms with Crippen LogP contribution in [0.2, 0.25) is 5.02 Å². The number of carbonyl (C=O) groups excluding carboxylic acids is 1. The molecule has 5 nitrogen and oxygen atoms in total. The van der Waals surface area contributed by atoms with Gasteiger partial charge in [0.1, 0.15) is 0 Å². The van der Waals surface area contributed by atoms with Crippen LogP contribution in [-0.4, -0.2) is 47.2 Å². The number of nitrogens with zero attached hydrogens (tertiary/aromatic N) is 4. The van der Waals surface area contributed by atoms with Crippen molar-refractivity contribution in [3.05, 3.63) is 77.3 Å². The molecule has 0 spiro atoms. The number of aromatic nitrogens is 2. The second-order valence-corrected chi connectivity index (χ2v) is 7.57. The molecule has 0 bridgehead atoms. The predicted molar refractivity (Wildman–Crippen MR) is 116 cm³/mol. The summed E-state index contributed by atoms with van der Waals surface area (Å²) in [7, 11) is 0. The Morgan fingerprint density at radius 3 is 2.24 bits per heavy atom. The van der Waals surface area contributed by atoms with Gasteiger partial charge in [-0.3, -0.25) is 4.79 Å². The SMILES string of the molecule is O=C(CCc1ccc(Cl)cc1)N1CCN(c2ccc(-c3ccccc3)nn2)CC1. The molecule has 1 aliphatic heterocycles. The molecule has 29 heavy (non-hydrogen) atoms. The Morgan fingerprint density at radius 2 is 1.59 bits per heavy atom. The van der Waals surface area contributed by atoms with Crippen molar-refractivity contribution in [2.24, 2.45) is 0 Å². The number of amides is 1. The van der Waals surface area contributed by atoms with Gasteiger partial charge in [-0.1, -0.05) is 54.1 Å². The highest BCUT2D eigenvalue weighted by molar-refractivity contribution is 6.30. The van der Waals surface area contributed by atoms with Crippen molar-refractivity contribution in [2.45, 2.75) is 12.8 Å². The van der Waals surface area contributed by atoms with E-state index in [1.54, 1.807) is 0 Å². The first kappa shape index (κ1) is 19.4. The van der Waals surface area contributed by atoms with Crippen LogP contribution in [0.1, 0.15) is 12.0 Å². The van der Waals surface area contributed by atoms with E-state index in [-0.39, 0.29) is 5.91 Å². The fourth-order valence-electron chi connectivity index (χ4n) is 3.50. The zero-order valence-corrected chi connectivity index (χ0v) is 16.9. The molecule has 2 heterocycles. The highest BCUT2D eigenvalue weighted by Crippen LogP contribution is 2.19. The molecular weight excluding hydrogens is 384 g/mol. The van der Waals surface area contributed by atoms with Crippen molar-refractivity contribution in [1.29, 1.82) is 0 Å². The molecule has 0 atom stereocenters. The van der Waals surface area contributed by atoms with Crippen molar-refractivity contribution in [1.82, 2.24) is 15.1 Å². The molecule has 0 aliphatic carbocycles. The number of carbonyl (C=O) groups is 1. The van der Waals surface area contributed by atoms with Crippen LogP contribution in [0.3, 0.4) is 0 Å². The monoisotopic (exact) mass is 406 g/mol. The number of benzene rings is 2. The first-order valence-electron chi connectivity index (χ1n) is 9.85. The van der Waals surface area contributed by atoms with Crippen LogP contribution in [-0.2, 0) is 11.2 Å². The lowest BCUT2D eigenvalue weighted by Crippen LogP contribution is -2.49. The molecule has 1 saturated heterocycles. The Bertz CT molecular complexity index is 937. The van der Waals surface area contributed by atoms with Gasteiger partial charge in [0.05, 0.1) is 5.69 Å². The number of halogens is 1. The quantitative estimate of drug-likeness (QED) is 0.640. The van der Waals surface area contributed by atoms with Crippen LogP contribution >= 0.6 is 11.6 Å². The summed E-state index contributed by atoms with van der Waals surface area (Å²) in [5.41, 5.74) is 3.06. The first-order chi connectivity index (χ1) is 14.2. The van der Waals surface area contributed by atoms with E-state index in [0.29, 0.717) is 19.5 Å². The van der Waals surface area contributed by atoms with Crippen LogP contribution in [0.4, 0.5) is 5.82 Å². The third kappa shape index (κ3) is 4.93. The summed E-state index contributed by atoms with van der Waals surface area (Å²) in [6.45, 7) is 2.96. The van der Waals surface area contributed by atoms with Crippen molar-refractivity contribution >= 4 is 23.3 Å². The lowest BCUT2D eigenvalue weighted by molar-refractivity contribution is -0.131. The van der Waals surface area contributed by atoms with Crippen LogP contribution in [0, 0.1) is 0 Å². The number of hydrogen-bond donors (Lipinski definition) is 0. The third-order valence-corrected chi connectivity index (χ3v) is 5.47. The summed E-state index contributed by atoms with van der Waals surface area (Å²) < 4.78 is 0. The summed E-state index contributed by atoms with van der Waals surface area (Å²) in [5.74, 6) is 1.06. The minimum Gasteiger partial charge on any atom is -0.352 e. The predicted octanol–water partition coefficient (Wildman–Crippen LogP) is 4.08. The molecular formula is C23H23ClN4O. The van der Waals surface area contributed by atoms with Crippen LogP contribution in [0.15, 0.2) is 66.7 Å². The largest absolute Gasteiger partial charge is 0.352 e. The summed E-state index contributed by atoms with van der Waals surface area (Å²) >= 11 is 5.91. The zero-order chi connectivity index (χ0) is 20.1. The standard InChI is InChI=1S/C23H23ClN4O/c24-20-9-6-18(7-10-20)8-13-23(29)28-16-14-27(15-17-28)22-12-11-21(25-26-22)19-4-2-1-3-5-19/h1-7,9-12H,8,13-17H2. The maximum Gasteiger partial charge on any atom is 0.223 e. The van der Waals surface area contributed by atoms with Gasteiger partial charge in [0.15, 0.2) is 5.82 Å². The number of anilines is 1. The van der Waals surface area contributed by atoms with Crippen LogP contribution in [0.5, 0.6) is 0 Å². The van der Waals surface area contributed by atoms with Gasteiger partial charge in [0.2, 0.25) is 5.91 Å². The second kappa shape index (κ2) is 9.05. The third-order valence-electron chi connectivity index (χ3n) is 5.22. The Morgan fingerprint density at radius 1 is 0.862 bits per heavy atom. The molecule has 0 radical (unpaired) electrons. The molecule has 1 aromatic heterocycles.